The number of rotatable bonds is 5. The molecule has 2 aromatic carbocycles. The van der Waals surface area contributed by atoms with E-state index in [1.54, 1.807) is 6.20 Å². The molecule has 0 unspecified atom stereocenters. The summed E-state index contributed by atoms with van der Waals surface area (Å²) in [6.45, 7) is 6.66. The Morgan fingerprint density at radius 1 is 0.923 bits per heavy atom. The summed E-state index contributed by atoms with van der Waals surface area (Å²) in [6.07, 6.45) is 3.06. The lowest BCUT2D eigenvalue weighted by atomic mass is 10.1. The molecule has 0 spiro atoms. The summed E-state index contributed by atoms with van der Waals surface area (Å²) in [5.74, 6) is 0.366. The highest BCUT2D eigenvalue weighted by molar-refractivity contribution is 6.03. The minimum atomic E-state index is -0.267. The van der Waals surface area contributed by atoms with Crippen molar-refractivity contribution in [2.75, 3.05) is 10.6 Å². The molecule has 3 rings (SSSR count). The molecule has 0 aliphatic rings. The maximum atomic E-state index is 12.4. The SMILES string of the molecule is Cc1ccc(CNc2cnc(C(=O)Nc3cc(C)ccc3C)cn2)cc1. The van der Waals surface area contributed by atoms with Crippen molar-refractivity contribution in [1.29, 1.82) is 0 Å². The molecule has 0 saturated carbocycles. The maximum Gasteiger partial charge on any atom is 0.275 e. The number of nitrogens with zero attached hydrogens (tertiary/aromatic N) is 2. The lowest BCUT2D eigenvalue weighted by Gasteiger charge is -2.09. The van der Waals surface area contributed by atoms with Crippen LogP contribution < -0.4 is 10.6 Å². The van der Waals surface area contributed by atoms with Gasteiger partial charge in [-0.15, -0.1) is 0 Å². The summed E-state index contributed by atoms with van der Waals surface area (Å²) in [4.78, 5) is 20.9. The van der Waals surface area contributed by atoms with Gasteiger partial charge in [-0.05, 0) is 43.5 Å². The Balaban J connectivity index is 1.62. The van der Waals surface area contributed by atoms with Crippen LogP contribution in [0.4, 0.5) is 11.5 Å². The average molecular weight is 346 g/mol. The maximum absolute atomic E-state index is 12.4. The fourth-order valence-electron chi connectivity index (χ4n) is 2.49. The van der Waals surface area contributed by atoms with Gasteiger partial charge in [-0.3, -0.25) is 4.79 Å². The van der Waals surface area contributed by atoms with Gasteiger partial charge in [0.1, 0.15) is 11.5 Å². The molecular formula is C21H22N4O. The topological polar surface area (TPSA) is 66.9 Å². The zero-order valence-corrected chi connectivity index (χ0v) is 15.2. The number of carbonyl (C=O) groups is 1. The van der Waals surface area contributed by atoms with Crippen molar-refractivity contribution < 1.29 is 4.79 Å². The molecule has 5 heteroatoms. The number of hydrogen-bond acceptors (Lipinski definition) is 4. The highest BCUT2D eigenvalue weighted by Crippen LogP contribution is 2.17. The highest BCUT2D eigenvalue weighted by Gasteiger charge is 2.10. The molecule has 0 bridgehead atoms. The van der Waals surface area contributed by atoms with Gasteiger partial charge >= 0.3 is 0 Å². The molecule has 3 aromatic rings. The van der Waals surface area contributed by atoms with Gasteiger partial charge < -0.3 is 10.6 Å². The Labute approximate surface area is 153 Å². The summed E-state index contributed by atoms with van der Waals surface area (Å²) >= 11 is 0. The van der Waals surface area contributed by atoms with Gasteiger partial charge in [-0.1, -0.05) is 42.0 Å². The van der Waals surface area contributed by atoms with Crippen LogP contribution in [0.15, 0.2) is 54.9 Å². The fourth-order valence-corrected chi connectivity index (χ4v) is 2.49. The van der Waals surface area contributed by atoms with Crippen LogP contribution in [-0.4, -0.2) is 15.9 Å². The van der Waals surface area contributed by atoms with E-state index in [9.17, 15) is 4.79 Å². The van der Waals surface area contributed by atoms with Crippen molar-refractivity contribution in [1.82, 2.24) is 9.97 Å². The van der Waals surface area contributed by atoms with Gasteiger partial charge in [-0.2, -0.15) is 0 Å². The first kappa shape index (κ1) is 17.6. The van der Waals surface area contributed by atoms with E-state index < -0.39 is 0 Å². The van der Waals surface area contributed by atoms with Crippen LogP contribution in [0.1, 0.15) is 32.7 Å². The molecule has 0 aliphatic carbocycles. The van der Waals surface area contributed by atoms with Crippen LogP contribution >= 0.6 is 0 Å². The first-order chi connectivity index (χ1) is 12.5. The van der Waals surface area contributed by atoms with Crippen LogP contribution in [0.25, 0.3) is 0 Å². The molecule has 1 aromatic heterocycles. The summed E-state index contributed by atoms with van der Waals surface area (Å²) in [5, 5.41) is 6.10. The molecule has 1 amide bonds. The Hall–Kier alpha value is -3.21. The van der Waals surface area contributed by atoms with Gasteiger partial charge in [0.05, 0.1) is 12.4 Å². The molecule has 26 heavy (non-hydrogen) atoms. The zero-order valence-electron chi connectivity index (χ0n) is 15.2. The normalized spacial score (nSPS) is 10.4. The van der Waals surface area contributed by atoms with E-state index in [4.69, 9.17) is 0 Å². The van der Waals surface area contributed by atoms with Gasteiger partial charge in [0.2, 0.25) is 0 Å². The van der Waals surface area contributed by atoms with Crippen molar-refractivity contribution in [3.05, 3.63) is 82.8 Å². The van der Waals surface area contributed by atoms with E-state index in [-0.39, 0.29) is 11.6 Å². The third-order valence-corrected chi connectivity index (χ3v) is 4.12. The minimum absolute atomic E-state index is 0.267. The van der Waals surface area contributed by atoms with E-state index in [1.807, 2.05) is 32.0 Å². The average Bonchev–Trinajstić information content (AvgIpc) is 2.64. The predicted octanol–water partition coefficient (Wildman–Crippen LogP) is 4.27. The van der Waals surface area contributed by atoms with E-state index >= 15 is 0 Å². The van der Waals surface area contributed by atoms with Crippen molar-refractivity contribution >= 4 is 17.4 Å². The Morgan fingerprint density at radius 2 is 1.65 bits per heavy atom. The van der Waals surface area contributed by atoms with Crippen molar-refractivity contribution in [3.8, 4) is 0 Å². The van der Waals surface area contributed by atoms with Gasteiger partial charge in [0.25, 0.3) is 5.91 Å². The molecule has 2 N–H and O–H groups in total. The largest absolute Gasteiger partial charge is 0.365 e. The second-order valence-corrected chi connectivity index (χ2v) is 6.40. The Kier molecular flexibility index (Phi) is 5.27. The van der Waals surface area contributed by atoms with E-state index in [0.29, 0.717) is 12.4 Å². The van der Waals surface area contributed by atoms with Crippen molar-refractivity contribution in [2.24, 2.45) is 0 Å². The summed E-state index contributed by atoms with van der Waals surface area (Å²) in [6, 6.07) is 14.2. The van der Waals surface area contributed by atoms with Gasteiger partial charge in [0.15, 0.2) is 0 Å². The highest BCUT2D eigenvalue weighted by atomic mass is 16.1. The van der Waals surface area contributed by atoms with Crippen molar-refractivity contribution in [2.45, 2.75) is 27.3 Å². The van der Waals surface area contributed by atoms with E-state index in [2.05, 4.69) is 51.8 Å². The van der Waals surface area contributed by atoms with Crippen molar-refractivity contribution in [3.63, 3.8) is 0 Å². The van der Waals surface area contributed by atoms with Crippen LogP contribution in [0.3, 0.4) is 0 Å². The third-order valence-electron chi connectivity index (χ3n) is 4.12. The van der Waals surface area contributed by atoms with Crippen LogP contribution in [0, 0.1) is 20.8 Å². The number of hydrogen-bond donors (Lipinski definition) is 2. The van der Waals surface area contributed by atoms with E-state index in [1.165, 1.54) is 11.8 Å². The molecule has 0 radical (unpaired) electrons. The molecular weight excluding hydrogens is 324 g/mol. The van der Waals surface area contributed by atoms with Gasteiger partial charge in [-0.25, -0.2) is 9.97 Å². The summed E-state index contributed by atoms with van der Waals surface area (Å²) in [7, 11) is 0. The predicted molar refractivity (Wildman–Crippen MR) is 104 cm³/mol. The standard InChI is InChI=1S/C21H22N4O/c1-14-5-8-17(9-6-14)11-23-20-13-22-19(12-24-20)21(26)25-18-10-15(2)4-7-16(18)3/h4-10,12-13H,11H2,1-3H3,(H,23,24)(H,25,26). The lowest BCUT2D eigenvalue weighted by Crippen LogP contribution is -2.15. The minimum Gasteiger partial charge on any atom is -0.365 e. The molecule has 1 heterocycles. The van der Waals surface area contributed by atoms with Crippen LogP contribution in [-0.2, 0) is 6.54 Å². The first-order valence-electron chi connectivity index (χ1n) is 8.51. The number of amides is 1. The zero-order chi connectivity index (χ0) is 18.5. The van der Waals surface area contributed by atoms with Crippen LogP contribution in [0.2, 0.25) is 0 Å². The molecule has 0 fully saturated rings. The Bertz CT molecular complexity index is 902. The first-order valence-corrected chi connectivity index (χ1v) is 8.51. The number of carbonyl (C=O) groups excluding carboxylic acids is 1. The molecule has 132 valence electrons. The fraction of sp³-hybridized carbons (Fsp3) is 0.190. The molecule has 5 nitrogen and oxygen atoms in total. The monoisotopic (exact) mass is 346 g/mol. The quantitative estimate of drug-likeness (QED) is 0.724. The number of aromatic nitrogens is 2. The second-order valence-electron chi connectivity index (χ2n) is 6.40. The number of nitrogens with one attached hydrogen (secondary N) is 2. The molecule has 0 saturated heterocycles. The summed E-state index contributed by atoms with van der Waals surface area (Å²) < 4.78 is 0. The number of benzene rings is 2. The number of aryl methyl sites for hydroxylation is 3. The van der Waals surface area contributed by atoms with E-state index in [0.717, 1.165) is 22.4 Å². The molecule has 0 atom stereocenters. The second kappa shape index (κ2) is 7.78. The summed E-state index contributed by atoms with van der Waals surface area (Å²) in [5.41, 5.74) is 5.56. The third kappa shape index (κ3) is 4.45. The smallest absolute Gasteiger partial charge is 0.275 e. The van der Waals surface area contributed by atoms with Gasteiger partial charge in [0, 0.05) is 12.2 Å². The number of anilines is 2. The molecule has 0 aliphatic heterocycles. The Morgan fingerprint density at radius 3 is 2.35 bits per heavy atom. The van der Waals surface area contributed by atoms with Crippen LogP contribution in [0.5, 0.6) is 0 Å². The lowest BCUT2D eigenvalue weighted by molar-refractivity contribution is 0.102.